The molecule has 1 aliphatic carbocycles. The van der Waals surface area contributed by atoms with Crippen molar-refractivity contribution in [3.8, 4) is 16.9 Å². The Labute approximate surface area is 215 Å². The molecule has 0 N–H and O–H groups in total. The van der Waals surface area contributed by atoms with Crippen LogP contribution in [-0.4, -0.2) is 24.9 Å². The summed E-state index contributed by atoms with van der Waals surface area (Å²) in [7, 11) is 0. The number of unbranched alkanes of at least 4 members (excludes halogenated alkanes) is 3. The van der Waals surface area contributed by atoms with Gasteiger partial charge in [0.05, 0.1) is 6.61 Å². The predicted octanol–water partition coefficient (Wildman–Crippen LogP) is 8.62. The molecule has 0 amide bonds. The van der Waals surface area contributed by atoms with Gasteiger partial charge in [0, 0.05) is 0 Å². The van der Waals surface area contributed by atoms with Crippen LogP contribution in [0, 0.1) is 11.7 Å². The summed E-state index contributed by atoms with van der Waals surface area (Å²) in [4.78, 5) is 11.9. The third kappa shape index (κ3) is 8.90. The molecular formula is C31H42F2O3. The maximum atomic E-state index is 14.5. The normalized spacial score (nSPS) is 18.6. The zero-order chi connectivity index (χ0) is 25.8. The lowest BCUT2D eigenvalue weighted by atomic mass is 9.83. The average Bonchev–Trinajstić information content (AvgIpc) is 2.90. The first-order valence-electron chi connectivity index (χ1n) is 13.9. The highest BCUT2D eigenvalue weighted by Gasteiger charge is 2.27. The first-order valence-corrected chi connectivity index (χ1v) is 13.9. The zero-order valence-corrected chi connectivity index (χ0v) is 21.9. The highest BCUT2D eigenvalue weighted by molar-refractivity contribution is 5.74. The summed E-state index contributed by atoms with van der Waals surface area (Å²) in [6, 6.07) is 13.5. The van der Waals surface area contributed by atoms with E-state index >= 15 is 0 Å². The number of aryl methyl sites for hydroxylation is 1. The quantitative estimate of drug-likeness (QED) is 0.192. The fourth-order valence-corrected chi connectivity index (χ4v) is 4.84. The lowest BCUT2D eigenvalue weighted by molar-refractivity contribution is -0.157. The Morgan fingerprint density at radius 2 is 1.64 bits per heavy atom. The van der Waals surface area contributed by atoms with Crippen LogP contribution in [0.4, 0.5) is 8.78 Å². The molecule has 0 heterocycles. The van der Waals surface area contributed by atoms with Crippen molar-refractivity contribution in [3.05, 3.63) is 53.8 Å². The van der Waals surface area contributed by atoms with Crippen LogP contribution in [0.3, 0.4) is 0 Å². The first-order chi connectivity index (χ1) is 17.5. The number of benzene rings is 2. The second kappa shape index (κ2) is 15.0. The molecule has 0 aliphatic heterocycles. The predicted molar refractivity (Wildman–Crippen MR) is 141 cm³/mol. The molecule has 0 saturated heterocycles. The van der Waals surface area contributed by atoms with Crippen molar-refractivity contribution >= 4 is 5.97 Å². The molecular weight excluding hydrogens is 458 g/mol. The molecule has 5 heteroatoms. The summed E-state index contributed by atoms with van der Waals surface area (Å²) >= 11 is 0. The van der Waals surface area contributed by atoms with Gasteiger partial charge in [-0.1, -0.05) is 69.9 Å². The average molecular weight is 501 g/mol. The Balaban J connectivity index is 1.41. The van der Waals surface area contributed by atoms with E-state index in [1.54, 1.807) is 12.1 Å². The SMILES string of the molecule is CCCCCOc1ccc(-c2ccc(CC[C@H]3CC[C@H](OC(=O)[C@@H](F)CCCC)CC3)cc2)cc1F. The molecule has 1 atom stereocenters. The minimum absolute atomic E-state index is 0.138. The number of hydrogen-bond acceptors (Lipinski definition) is 3. The monoisotopic (exact) mass is 500 g/mol. The van der Waals surface area contributed by atoms with Gasteiger partial charge >= 0.3 is 5.97 Å². The topological polar surface area (TPSA) is 35.5 Å². The van der Waals surface area contributed by atoms with Gasteiger partial charge in [0.1, 0.15) is 6.10 Å². The number of esters is 1. The van der Waals surface area contributed by atoms with Gasteiger partial charge in [-0.2, -0.15) is 0 Å². The van der Waals surface area contributed by atoms with Crippen LogP contribution in [0.5, 0.6) is 5.75 Å². The van der Waals surface area contributed by atoms with Gasteiger partial charge in [-0.05, 0) is 86.1 Å². The fraction of sp³-hybridized carbons (Fsp3) is 0.581. The van der Waals surface area contributed by atoms with Crippen molar-refractivity contribution in [1.29, 1.82) is 0 Å². The van der Waals surface area contributed by atoms with Crippen LogP contribution in [0.2, 0.25) is 0 Å². The van der Waals surface area contributed by atoms with Gasteiger partial charge in [0.15, 0.2) is 17.7 Å². The Morgan fingerprint density at radius 1 is 0.944 bits per heavy atom. The van der Waals surface area contributed by atoms with Gasteiger partial charge in [-0.15, -0.1) is 0 Å². The van der Waals surface area contributed by atoms with E-state index in [1.807, 2.05) is 25.1 Å². The molecule has 2 aromatic carbocycles. The Morgan fingerprint density at radius 3 is 2.31 bits per heavy atom. The number of hydrogen-bond donors (Lipinski definition) is 0. The second-order valence-corrected chi connectivity index (χ2v) is 10.1. The molecule has 1 fully saturated rings. The van der Waals surface area contributed by atoms with Gasteiger partial charge in [0.2, 0.25) is 0 Å². The van der Waals surface area contributed by atoms with E-state index in [1.165, 1.54) is 5.56 Å². The Hall–Kier alpha value is -2.43. The van der Waals surface area contributed by atoms with Crippen LogP contribution in [0.15, 0.2) is 42.5 Å². The Bertz CT molecular complexity index is 920. The van der Waals surface area contributed by atoms with Gasteiger partial charge in [-0.3, -0.25) is 0 Å². The van der Waals surface area contributed by atoms with E-state index in [-0.39, 0.29) is 18.3 Å². The number of alkyl halides is 1. The van der Waals surface area contributed by atoms with Crippen LogP contribution < -0.4 is 4.74 Å². The number of carbonyl (C=O) groups is 1. The van der Waals surface area contributed by atoms with Crippen molar-refractivity contribution < 1.29 is 23.0 Å². The summed E-state index contributed by atoms with van der Waals surface area (Å²) in [5, 5.41) is 0. The number of carbonyl (C=O) groups excluding carboxylic acids is 1. The minimum atomic E-state index is -1.48. The first kappa shape index (κ1) is 28.1. The summed E-state index contributed by atoms with van der Waals surface area (Å²) < 4.78 is 39.3. The van der Waals surface area contributed by atoms with Crippen LogP contribution in [0.1, 0.15) is 90.0 Å². The van der Waals surface area contributed by atoms with Crippen molar-refractivity contribution in [3.63, 3.8) is 0 Å². The molecule has 3 nitrogen and oxygen atoms in total. The van der Waals surface area contributed by atoms with Crippen LogP contribution >= 0.6 is 0 Å². The lowest BCUT2D eigenvalue weighted by Gasteiger charge is -2.28. The summed E-state index contributed by atoms with van der Waals surface area (Å²) in [6.45, 7) is 4.66. The minimum Gasteiger partial charge on any atom is -0.491 e. The molecule has 2 aromatic rings. The van der Waals surface area contributed by atoms with Crippen molar-refractivity contribution in [2.75, 3.05) is 6.61 Å². The Kier molecular flexibility index (Phi) is 11.7. The van der Waals surface area contributed by atoms with E-state index in [4.69, 9.17) is 9.47 Å². The summed E-state index contributed by atoms with van der Waals surface area (Å²) in [6.07, 6.45) is 9.08. The highest BCUT2D eigenvalue weighted by Crippen LogP contribution is 2.31. The third-order valence-electron chi connectivity index (χ3n) is 7.21. The highest BCUT2D eigenvalue weighted by atomic mass is 19.1. The molecule has 36 heavy (non-hydrogen) atoms. The van der Waals surface area contributed by atoms with E-state index in [0.717, 1.165) is 75.3 Å². The molecule has 198 valence electrons. The third-order valence-corrected chi connectivity index (χ3v) is 7.21. The standard InChI is InChI=1S/C31H42F2O3/c1-3-5-7-21-35-30-20-17-26(22-29(30)33)25-15-11-23(12-16-25)9-10-24-13-18-27(19-14-24)36-31(34)28(32)8-6-4-2/h11-12,15-17,20,22,24,27-28H,3-10,13-14,18-19,21H2,1-2H3/t24-,27-,28-/m0/s1. The maximum absolute atomic E-state index is 14.5. The van der Waals surface area contributed by atoms with Crippen molar-refractivity contribution in [1.82, 2.24) is 0 Å². The van der Waals surface area contributed by atoms with Crippen LogP contribution in [-0.2, 0) is 16.0 Å². The zero-order valence-electron chi connectivity index (χ0n) is 21.9. The molecule has 0 aromatic heterocycles. The maximum Gasteiger partial charge on any atom is 0.340 e. The lowest BCUT2D eigenvalue weighted by Crippen LogP contribution is -2.29. The van der Waals surface area contributed by atoms with Crippen molar-refractivity contribution in [2.45, 2.75) is 103 Å². The molecule has 3 rings (SSSR count). The van der Waals surface area contributed by atoms with Gasteiger partial charge < -0.3 is 9.47 Å². The molecule has 0 radical (unpaired) electrons. The van der Waals surface area contributed by atoms with E-state index in [2.05, 4.69) is 19.1 Å². The molecule has 0 unspecified atom stereocenters. The summed E-state index contributed by atoms with van der Waals surface area (Å²) in [5.41, 5.74) is 3.10. The van der Waals surface area contributed by atoms with Gasteiger partial charge in [0.25, 0.3) is 0 Å². The molecule has 1 saturated carbocycles. The number of halogens is 2. The second-order valence-electron chi connectivity index (χ2n) is 10.1. The molecule has 0 spiro atoms. The van der Waals surface area contributed by atoms with E-state index in [9.17, 15) is 13.6 Å². The van der Waals surface area contributed by atoms with E-state index in [0.29, 0.717) is 24.7 Å². The number of rotatable bonds is 14. The summed E-state index contributed by atoms with van der Waals surface area (Å²) in [5.74, 6) is -0.0878. The number of ether oxygens (including phenoxy) is 2. The van der Waals surface area contributed by atoms with Crippen molar-refractivity contribution in [2.24, 2.45) is 5.92 Å². The molecule has 0 bridgehead atoms. The molecule has 1 aliphatic rings. The largest absolute Gasteiger partial charge is 0.491 e. The fourth-order valence-electron chi connectivity index (χ4n) is 4.84. The van der Waals surface area contributed by atoms with Gasteiger partial charge in [-0.25, -0.2) is 13.6 Å². The smallest absolute Gasteiger partial charge is 0.340 e. The van der Waals surface area contributed by atoms with Crippen LogP contribution in [0.25, 0.3) is 11.1 Å². The van der Waals surface area contributed by atoms with E-state index < -0.39 is 12.1 Å².